The highest BCUT2D eigenvalue weighted by Gasteiger charge is 2.16. The molecule has 150 valence electrons. The molecule has 0 aliphatic rings. The Bertz CT molecular complexity index is 934. The molecule has 3 rings (SSSR count). The molecule has 0 amide bonds. The molecule has 28 heavy (non-hydrogen) atoms. The maximum atomic E-state index is 13.0. The smallest absolute Gasteiger partial charge is 0.151 e. The number of imidazole rings is 1. The third-order valence-corrected chi connectivity index (χ3v) is 6.16. The van der Waals surface area contributed by atoms with Crippen LogP contribution in [0.5, 0.6) is 0 Å². The second-order valence-electron chi connectivity index (χ2n) is 7.20. The molecule has 0 unspecified atom stereocenters. The van der Waals surface area contributed by atoms with E-state index in [-0.39, 0.29) is 5.82 Å². The molecule has 3 aromatic rings. The second-order valence-corrected chi connectivity index (χ2v) is 8.37. The first-order valence-electron chi connectivity index (χ1n) is 10.0. The number of pyridine rings is 1. The van der Waals surface area contributed by atoms with Crippen LogP contribution in [-0.2, 0) is 13.0 Å². The van der Waals surface area contributed by atoms with Crippen LogP contribution in [0.15, 0.2) is 29.2 Å². The Morgan fingerprint density at radius 1 is 1.07 bits per heavy atom. The molecule has 6 heteroatoms. The van der Waals surface area contributed by atoms with E-state index < -0.39 is 0 Å². The summed E-state index contributed by atoms with van der Waals surface area (Å²) in [4.78, 5) is 10.4. The van der Waals surface area contributed by atoms with E-state index in [1.165, 1.54) is 17.7 Å². The second kappa shape index (κ2) is 9.41. The van der Waals surface area contributed by atoms with Crippen LogP contribution in [0.2, 0.25) is 0 Å². The van der Waals surface area contributed by atoms with E-state index >= 15 is 0 Å². The van der Waals surface area contributed by atoms with Crippen LogP contribution >= 0.6 is 11.8 Å². The number of aromatic nitrogens is 3. The summed E-state index contributed by atoms with van der Waals surface area (Å²) in [6, 6.07) is 6.73. The number of rotatable bonds is 9. The van der Waals surface area contributed by atoms with Gasteiger partial charge in [0.1, 0.15) is 17.2 Å². The Morgan fingerprint density at radius 2 is 1.82 bits per heavy atom. The number of aryl methyl sites for hydroxylation is 4. The fourth-order valence-corrected chi connectivity index (χ4v) is 4.38. The number of unbranched alkanes of at least 4 members (excludes halogenated alkanes) is 2. The molecule has 0 aliphatic heterocycles. The van der Waals surface area contributed by atoms with Gasteiger partial charge in [-0.1, -0.05) is 13.3 Å². The zero-order chi connectivity index (χ0) is 20.1. The SMILES string of the molecule is CCCc1nc2c(N)nc(C)c(C)c2n1CCCCCSc1ccc(F)cc1. The summed E-state index contributed by atoms with van der Waals surface area (Å²) in [5.41, 5.74) is 10.3. The molecule has 0 saturated heterocycles. The number of nitrogen functional groups attached to an aromatic ring is 1. The summed E-state index contributed by atoms with van der Waals surface area (Å²) >= 11 is 1.79. The molecule has 0 spiro atoms. The summed E-state index contributed by atoms with van der Waals surface area (Å²) in [5, 5.41) is 0. The first-order chi connectivity index (χ1) is 13.5. The van der Waals surface area contributed by atoms with E-state index in [0.717, 1.165) is 71.8 Å². The zero-order valence-electron chi connectivity index (χ0n) is 17.0. The topological polar surface area (TPSA) is 56.7 Å². The number of benzene rings is 1. The van der Waals surface area contributed by atoms with Crippen molar-refractivity contribution < 1.29 is 4.39 Å². The maximum Gasteiger partial charge on any atom is 0.151 e. The van der Waals surface area contributed by atoms with Gasteiger partial charge in [-0.05, 0) is 68.7 Å². The summed E-state index contributed by atoms with van der Waals surface area (Å²) in [6.45, 7) is 7.25. The van der Waals surface area contributed by atoms with Crippen LogP contribution in [0.3, 0.4) is 0 Å². The lowest BCUT2D eigenvalue weighted by molar-refractivity contribution is 0.589. The Kier molecular flexibility index (Phi) is 6.94. The van der Waals surface area contributed by atoms with Gasteiger partial charge in [0.2, 0.25) is 0 Å². The molecule has 2 N–H and O–H groups in total. The van der Waals surface area contributed by atoms with E-state index in [4.69, 9.17) is 10.7 Å². The largest absolute Gasteiger partial charge is 0.382 e. The van der Waals surface area contributed by atoms with Gasteiger partial charge >= 0.3 is 0 Å². The fraction of sp³-hybridized carbons (Fsp3) is 0.455. The third kappa shape index (κ3) is 4.66. The van der Waals surface area contributed by atoms with Gasteiger partial charge in [-0.3, -0.25) is 0 Å². The van der Waals surface area contributed by atoms with Gasteiger partial charge < -0.3 is 10.3 Å². The molecular weight excluding hydrogens is 371 g/mol. The molecule has 2 heterocycles. The number of thioether (sulfide) groups is 1. The monoisotopic (exact) mass is 400 g/mol. The number of hydrogen-bond acceptors (Lipinski definition) is 4. The van der Waals surface area contributed by atoms with Crippen LogP contribution in [0.4, 0.5) is 10.2 Å². The Balaban J connectivity index is 1.61. The molecule has 0 radical (unpaired) electrons. The lowest BCUT2D eigenvalue weighted by Crippen LogP contribution is -2.06. The summed E-state index contributed by atoms with van der Waals surface area (Å²) in [7, 11) is 0. The van der Waals surface area contributed by atoms with E-state index in [9.17, 15) is 4.39 Å². The van der Waals surface area contributed by atoms with Gasteiger partial charge in [0.05, 0.1) is 5.52 Å². The normalized spacial score (nSPS) is 11.4. The molecule has 0 saturated carbocycles. The predicted octanol–water partition coefficient (Wildman–Crippen LogP) is 5.68. The summed E-state index contributed by atoms with van der Waals surface area (Å²) < 4.78 is 15.3. The van der Waals surface area contributed by atoms with Crippen molar-refractivity contribution >= 4 is 28.6 Å². The Morgan fingerprint density at radius 3 is 2.54 bits per heavy atom. The molecule has 0 atom stereocenters. The molecule has 4 nitrogen and oxygen atoms in total. The highest BCUT2D eigenvalue weighted by molar-refractivity contribution is 7.99. The summed E-state index contributed by atoms with van der Waals surface area (Å²) in [6.07, 6.45) is 5.40. The molecule has 0 bridgehead atoms. The van der Waals surface area contributed by atoms with E-state index in [2.05, 4.69) is 23.4 Å². The molecule has 2 aromatic heterocycles. The van der Waals surface area contributed by atoms with Crippen molar-refractivity contribution in [3.8, 4) is 0 Å². The third-order valence-electron chi connectivity index (χ3n) is 5.06. The number of hydrogen-bond donors (Lipinski definition) is 1. The number of fused-ring (bicyclic) bond motifs is 1. The molecule has 0 fully saturated rings. The predicted molar refractivity (Wildman–Crippen MR) is 116 cm³/mol. The minimum Gasteiger partial charge on any atom is -0.382 e. The van der Waals surface area contributed by atoms with Crippen LogP contribution in [0.25, 0.3) is 11.0 Å². The number of nitrogens with two attached hydrogens (primary N) is 1. The quantitative estimate of drug-likeness (QED) is 0.371. The van der Waals surface area contributed by atoms with Gasteiger partial charge in [0.15, 0.2) is 5.82 Å². The van der Waals surface area contributed by atoms with Gasteiger partial charge in [-0.25, -0.2) is 14.4 Å². The molecular formula is C22H29FN4S. The van der Waals surface area contributed by atoms with Crippen molar-refractivity contribution in [1.82, 2.24) is 14.5 Å². The van der Waals surface area contributed by atoms with Gasteiger partial charge in [0, 0.05) is 23.6 Å². The maximum absolute atomic E-state index is 13.0. The number of anilines is 1. The van der Waals surface area contributed by atoms with Crippen LogP contribution in [-0.4, -0.2) is 20.3 Å². The number of nitrogens with zero attached hydrogens (tertiary/aromatic N) is 3. The van der Waals surface area contributed by atoms with Crippen LogP contribution < -0.4 is 5.73 Å². The first kappa shape index (κ1) is 20.6. The summed E-state index contributed by atoms with van der Waals surface area (Å²) in [5.74, 6) is 2.51. The van der Waals surface area contributed by atoms with E-state index in [0.29, 0.717) is 5.82 Å². The van der Waals surface area contributed by atoms with Crippen molar-refractivity contribution in [2.45, 2.75) is 64.3 Å². The first-order valence-corrected chi connectivity index (χ1v) is 11.0. The Labute approximate surface area is 170 Å². The van der Waals surface area contributed by atoms with Crippen LogP contribution in [0.1, 0.15) is 49.7 Å². The van der Waals surface area contributed by atoms with Gasteiger partial charge in [-0.2, -0.15) is 0 Å². The average Bonchev–Trinajstić information content (AvgIpc) is 3.03. The fourth-order valence-electron chi connectivity index (χ4n) is 3.47. The van der Waals surface area contributed by atoms with Gasteiger partial charge in [-0.15, -0.1) is 11.8 Å². The van der Waals surface area contributed by atoms with Crippen molar-refractivity contribution in [1.29, 1.82) is 0 Å². The molecule has 1 aromatic carbocycles. The van der Waals surface area contributed by atoms with E-state index in [1.54, 1.807) is 11.8 Å². The van der Waals surface area contributed by atoms with Crippen molar-refractivity contribution in [3.63, 3.8) is 0 Å². The lowest BCUT2D eigenvalue weighted by atomic mass is 10.2. The van der Waals surface area contributed by atoms with Crippen LogP contribution in [0, 0.1) is 19.7 Å². The van der Waals surface area contributed by atoms with Gasteiger partial charge in [0.25, 0.3) is 0 Å². The van der Waals surface area contributed by atoms with Crippen molar-refractivity contribution in [3.05, 3.63) is 47.2 Å². The van der Waals surface area contributed by atoms with E-state index in [1.807, 2.05) is 19.1 Å². The number of halogens is 1. The minimum atomic E-state index is -0.179. The highest BCUT2D eigenvalue weighted by atomic mass is 32.2. The minimum absolute atomic E-state index is 0.179. The lowest BCUT2D eigenvalue weighted by Gasteiger charge is -2.11. The zero-order valence-corrected chi connectivity index (χ0v) is 17.8. The Hall–Kier alpha value is -2.08. The standard InChI is InChI=1S/C22H29FN4S/c1-4-8-19-26-20-21(15(2)16(3)25-22(20)24)27(19)13-6-5-7-14-28-18-11-9-17(23)10-12-18/h9-12H,4-8,13-14H2,1-3H3,(H2,24,25). The van der Waals surface area contributed by atoms with Crippen molar-refractivity contribution in [2.75, 3.05) is 11.5 Å². The van der Waals surface area contributed by atoms with Crippen molar-refractivity contribution in [2.24, 2.45) is 0 Å². The molecule has 0 aliphatic carbocycles. The highest BCUT2D eigenvalue weighted by Crippen LogP contribution is 2.27. The average molecular weight is 401 g/mol.